The fourth-order valence-corrected chi connectivity index (χ4v) is 3.76. The van der Waals surface area contributed by atoms with Crippen LogP contribution in [0, 0.1) is 11.8 Å². The molecule has 6 heteroatoms. The molecule has 0 aliphatic carbocycles. The van der Waals surface area contributed by atoms with Crippen LogP contribution in [-0.2, 0) is 14.2 Å². The molecule has 1 aliphatic rings. The number of rotatable bonds is 21. The van der Waals surface area contributed by atoms with Crippen molar-refractivity contribution in [3.05, 3.63) is 0 Å². The number of hydrogen-bond acceptors (Lipinski definition) is 5. The van der Waals surface area contributed by atoms with Crippen LogP contribution in [0.25, 0.3) is 0 Å². The van der Waals surface area contributed by atoms with Crippen molar-refractivity contribution in [1.29, 1.82) is 0 Å². The smallest absolute Gasteiger partial charge is 0.104 e. The molecule has 4 atom stereocenters. The lowest BCUT2D eigenvalue weighted by Crippen LogP contribution is -2.21. The minimum absolute atomic E-state index is 0. The van der Waals surface area contributed by atoms with E-state index in [1.54, 1.807) is 0 Å². The second kappa shape index (κ2) is 25.4. The summed E-state index contributed by atoms with van der Waals surface area (Å²) in [5.41, 5.74) is 0. The summed E-state index contributed by atoms with van der Waals surface area (Å²) < 4.78 is 16.2. The Balaban J connectivity index is 0. The van der Waals surface area contributed by atoms with Crippen molar-refractivity contribution in [3.8, 4) is 0 Å². The Morgan fingerprint density at radius 3 is 1.66 bits per heavy atom. The van der Waals surface area contributed by atoms with Gasteiger partial charge in [0, 0.05) is 13.2 Å². The Bertz CT molecular complexity index is 351. The molecule has 0 saturated carbocycles. The third-order valence-corrected chi connectivity index (χ3v) is 5.76. The zero-order chi connectivity index (χ0) is 23.2. The van der Waals surface area contributed by atoms with Crippen LogP contribution in [0.5, 0.6) is 0 Å². The fourth-order valence-electron chi connectivity index (χ4n) is 3.76. The van der Waals surface area contributed by atoms with Gasteiger partial charge in [0.15, 0.2) is 0 Å². The molecule has 32 heavy (non-hydrogen) atoms. The highest BCUT2D eigenvalue weighted by Gasteiger charge is 2.22. The van der Waals surface area contributed by atoms with E-state index in [0.717, 1.165) is 25.7 Å². The molecule has 0 aromatic carbocycles. The summed E-state index contributed by atoms with van der Waals surface area (Å²) >= 11 is 0. The summed E-state index contributed by atoms with van der Waals surface area (Å²) in [5.74, 6) is 1.39. The van der Waals surface area contributed by atoms with E-state index in [2.05, 4.69) is 27.7 Å². The molecule has 1 fully saturated rings. The maximum Gasteiger partial charge on any atom is 0.104 e. The van der Waals surface area contributed by atoms with Gasteiger partial charge in [0.2, 0.25) is 0 Å². The van der Waals surface area contributed by atoms with Crippen LogP contribution >= 0.6 is 0 Å². The van der Waals surface area contributed by atoms with Gasteiger partial charge in [-0.3, -0.25) is 0 Å². The van der Waals surface area contributed by atoms with Gasteiger partial charge in [0.25, 0.3) is 0 Å². The van der Waals surface area contributed by atoms with Crippen molar-refractivity contribution in [2.75, 3.05) is 39.6 Å². The predicted molar refractivity (Wildman–Crippen MR) is 133 cm³/mol. The second-order valence-corrected chi connectivity index (χ2v) is 9.17. The molecular formula is C26H56O6. The molecule has 0 spiro atoms. The van der Waals surface area contributed by atoms with Gasteiger partial charge in [-0.1, -0.05) is 79.1 Å². The van der Waals surface area contributed by atoms with E-state index in [0.29, 0.717) is 18.6 Å². The van der Waals surface area contributed by atoms with Crippen molar-refractivity contribution in [2.24, 2.45) is 11.8 Å². The highest BCUT2D eigenvalue weighted by atomic mass is 16.6. The monoisotopic (exact) mass is 464 g/mol. The van der Waals surface area contributed by atoms with Gasteiger partial charge < -0.3 is 29.9 Å². The average Bonchev–Trinajstić information content (AvgIpc) is 3.59. The summed E-state index contributed by atoms with van der Waals surface area (Å²) in [7, 11) is 0. The maximum atomic E-state index is 9.14. The Kier molecular flexibility index (Phi) is 26.9. The molecule has 0 amide bonds. The Morgan fingerprint density at radius 2 is 1.25 bits per heavy atom. The highest BCUT2D eigenvalue weighted by molar-refractivity contribution is 4.68. The minimum atomic E-state index is -0.724. The lowest BCUT2D eigenvalue weighted by molar-refractivity contribution is -0.00658. The largest absolute Gasteiger partial charge is 0.412 e. The molecule has 0 aromatic heterocycles. The average molecular weight is 465 g/mol. The van der Waals surface area contributed by atoms with Crippen molar-refractivity contribution in [3.63, 3.8) is 0 Å². The van der Waals surface area contributed by atoms with Crippen LogP contribution in [0.2, 0.25) is 0 Å². The van der Waals surface area contributed by atoms with Crippen LogP contribution in [0.15, 0.2) is 0 Å². The van der Waals surface area contributed by atoms with E-state index >= 15 is 0 Å². The van der Waals surface area contributed by atoms with Gasteiger partial charge in [-0.15, -0.1) is 0 Å². The topological polar surface area (TPSA) is 103 Å². The summed E-state index contributed by atoms with van der Waals surface area (Å²) in [5, 5.41) is 17.8. The Labute approximate surface area is 198 Å². The molecule has 196 valence electrons. The van der Waals surface area contributed by atoms with E-state index in [4.69, 9.17) is 24.4 Å². The quantitative estimate of drug-likeness (QED) is 0.185. The summed E-state index contributed by atoms with van der Waals surface area (Å²) in [6.07, 6.45) is 15.1. The Morgan fingerprint density at radius 1 is 0.750 bits per heavy atom. The van der Waals surface area contributed by atoms with Crippen molar-refractivity contribution < 1.29 is 29.9 Å². The summed E-state index contributed by atoms with van der Waals surface area (Å²) in [4.78, 5) is 0. The molecule has 1 aliphatic heterocycles. The molecule has 1 saturated heterocycles. The number of ether oxygens (including phenoxy) is 3. The lowest BCUT2D eigenvalue weighted by atomic mass is 9.97. The summed E-state index contributed by atoms with van der Waals surface area (Å²) in [6, 6.07) is 0. The first-order valence-electron chi connectivity index (χ1n) is 13.2. The van der Waals surface area contributed by atoms with E-state index < -0.39 is 6.10 Å². The number of epoxide rings is 1. The van der Waals surface area contributed by atoms with Crippen LogP contribution in [0.1, 0.15) is 105 Å². The molecule has 0 bridgehead atoms. The summed E-state index contributed by atoms with van der Waals surface area (Å²) in [6.45, 7) is 12.3. The molecule has 1 rings (SSSR count). The van der Waals surface area contributed by atoms with E-state index in [1.165, 1.54) is 77.0 Å². The number of aliphatic hydroxyl groups is 2. The predicted octanol–water partition coefficient (Wildman–Crippen LogP) is 4.93. The fraction of sp³-hybridized carbons (Fsp3) is 1.00. The van der Waals surface area contributed by atoms with Crippen molar-refractivity contribution in [2.45, 2.75) is 117 Å². The normalized spacial score (nSPS) is 17.6. The lowest BCUT2D eigenvalue weighted by Gasteiger charge is -2.17. The zero-order valence-electron chi connectivity index (χ0n) is 21.7. The number of hydrogen-bond donors (Lipinski definition) is 2. The molecule has 4 unspecified atom stereocenters. The minimum Gasteiger partial charge on any atom is -0.412 e. The van der Waals surface area contributed by atoms with Crippen molar-refractivity contribution >= 4 is 0 Å². The molecular weight excluding hydrogens is 408 g/mol. The number of unbranched alkanes of at least 4 members (excludes halogenated alkanes) is 4. The Hall–Kier alpha value is -0.240. The third kappa shape index (κ3) is 22.9. The van der Waals surface area contributed by atoms with E-state index in [-0.39, 0.29) is 18.7 Å². The van der Waals surface area contributed by atoms with E-state index in [9.17, 15) is 0 Å². The molecule has 0 radical (unpaired) electrons. The second-order valence-electron chi connectivity index (χ2n) is 9.17. The maximum absolute atomic E-state index is 9.14. The van der Waals surface area contributed by atoms with Crippen LogP contribution in [-0.4, -0.2) is 67.5 Å². The van der Waals surface area contributed by atoms with Gasteiger partial charge in [-0.05, 0) is 37.5 Å². The highest BCUT2D eigenvalue weighted by Crippen LogP contribution is 2.18. The third-order valence-electron chi connectivity index (χ3n) is 5.76. The molecule has 1 heterocycles. The van der Waals surface area contributed by atoms with Crippen LogP contribution in [0.4, 0.5) is 0 Å². The van der Waals surface area contributed by atoms with Crippen LogP contribution < -0.4 is 0 Å². The SMILES string of the molecule is CCCCCC(CCC)COCC(O)CO.CCCCCC(CCC)COCC1CO1.O. The standard InChI is InChI=1S/C13H28O3.C13H26O2.H2O/c1-3-5-6-8-12(7-4-2)10-16-11-13(15)9-14;1-3-5-6-8-12(7-4-2)9-14-10-13-11-15-13;/h12-15H,3-11H2,1-2H3;12-13H,3-11H2,1-2H3;1H2. The van der Waals surface area contributed by atoms with Crippen molar-refractivity contribution in [1.82, 2.24) is 0 Å². The first-order valence-corrected chi connectivity index (χ1v) is 13.2. The molecule has 6 nitrogen and oxygen atoms in total. The first-order chi connectivity index (χ1) is 15.1. The van der Waals surface area contributed by atoms with Gasteiger partial charge >= 0.3 is 0 Å². The molecule has 0 aromatic rings. The first kappa shape index (κ1) is 33.9. The van der Waals surface area contributed by atoms with Gasteiger partial charge in [0.1, 0.15) is 12.2 Å². The molecule has 4 N–H and O–H groups in total. The van der Waals surface area contributed by atoms with Gasteiger partial charge in [0.05, 0.1) is 26.4 Å². The zero-order valence-corrected chi connectivity index (χ0v) is 21.7. The van der Waals surface area contributed by atoms with Gasteiger partial charge in [-0.2, -0.15) is 0 Å². The van der Waals surface area contributed by atoms with Crippen LogP contribution in [0.3, 0.4) is 0 Å². The number of aliphatic hydroxyl groups excluding tert-OH is 2. The van der Waals surface area contributed by atoms with E-state index in [1.807, 2.05) is 0 Å². The van der Waals surface area contributed by atoms with Gasteiger partial charge in [-0.25, -0.2) is 0 Å².